The molecule has 1 nitrogen and oxygen atoms in total. The van der Waals surface area contributed by atoms with Crippen molar-refractivity contribution in [1.82, 2.24) is 0 Å². The van der Waals surface area contributed by atoms with Crippen LogP contribution in [0.3, 0.4) is 0 Å². The Kier molecular flexibility index (Phi) is 5.96. The average molecular weight is 483 g/mol. The first-order valence-electron chi connectivity index (χ1n) is 6.04. The van der Waals surface area contributed by atoms with Crippen LogP contribution in [0.4, 0.5) is 0 Å². The summed E-state index contributed by atoms with van der Waals surface area (Å²) in [5.74, 6) is 0.855. The Morgan fingerprint density at radius 2 is 1.65 bits per heavy atom. The van der Waals surface area contributed by atoms with Gasteiger partial charge in [-0.3, -0.25) is 0 Å². The van der Waals surface area contributed by atoms with Crippen LogP contribution in [-0.2, 0) is 0 Å². The van der Waals surface area contributed by atoms with Crippen LogP contribution in [0.5, 0.6) is 5.75 Å². The second kappa shape index (κ2) is 7.30. The molecule has 0 N–H and O–H groups in total. The predicted molar refractivity (Wildman–Crippen MR) is 95.2 cm³/mol. The van der Waals surface area contributed by atoms with Gasteiger partial charge in [0, 0.05) is 4.47 Å². The molecule has 2 aromatic carbocycles. The number of hydrogen-bond donors (Lipinski definition) is 0. The number of rotatable bonds is 4. The summed E-state index contributed by atoms with van der Waals surface area (Å²) in [5.41, 5.74) is 2.28. The highest BCUT2D eigenvalue weighted by Gasteiger charge is 2.13. The van der Waals surface area contributed by atoms with Gasteiger partial charge in [-0.25, -0.2) is 0 Å². The second-order valence-corrected chi connectivity index (χ2v) is 7.19. The van der Waals surface area contributed by atoms with Crippen LogP contribution in [0.1, 0.15) is 22.9 Å². The van der Waals surface area contributed by atoms with Crippen molar-refractivity contribution in [3.8, 4) is 5.75 Å². The standard InChI is InChI=1S/C15H12Br3ClO/c1-2-20-14-6-4-10(8-12(14)17)15(18)9-3-5-13(19)11(16)7-9/h3-8,15H,2H2,1H3. The fraction of sp³-hybridized carbons (Fsp3) is 0.200. The normalized spacial score (nSPS) is 12.2. The number of benzene rings is 2. The van der Waals surface area contributed by atoms with Gasteiger partial charge in [0.25, 0.3) is 0 Å². The average Bonchev–Trinajstić information content (AvgIpc) is 2.43. The van der Waals surface area contributed by atoms with Crippen molar-refractivity contribution < 1.29 is 4.74 Å². The Bertz CT molecular complexity index is 616. The molecule has 0 aromatic heterocycles. The summed E-state index contributed by atoms with van der Waals surface area (Å²) >= 11 is 16.7. The molecule has 0 aliphatic carbocycles. The van der Waals surface area contributed by atoms with Crippen molar-refractivity contribution in [2.75, 3.05) is 6.61 Å². The van der Waals surface area contributed by atoms with Gasteiger partial charge in [-0.1, -0.05) is 39.7 Å². The molecule has 20 heavy (non-hydrogen) atoms. The van der Waals surface area contributed by atoms with E-state index < -0.39 is 0 Å². The van der Waals surface area contributed by atoms with Gasteiger partial charge in [-0.15, -0.1) is 0 Å². The maximum Gasteiger partial charge on any atom is 0.133 e. The van der Waals surface area contributed by atoms with Crippen LogP contribution in [0, 0.1) is 0 Å². The van der Waals surface area contributed by atoms with Gasteiger partial charge in [-0.2, -0.15) is 0 Å². The fourth-order valence-corrected chi connectivity index (χ4v) is 3.40. The second-order valence-electron chi connectivity index (χ2n) is 4.16. The molecule has 0 bridgehead atoms. The minimum Gasteiger partial charge on any atom is -0.493 e. The molecule has 1 unspecified atom stereocenters. The van der Waals surface area contributed by atoms with E-state index in [1.165, 1.54) is 0 Å². The van der Waals surface area contributed by atoms with Crippen molar-refractivity contribution >= 4 is 59.4 Å². The van der Waals surface area contributed by atoms with Crippen molar-refractivity contribution in [2.45, 2.75) is 11.8 Å². The van der Waals surface area contributed by atoms with Crippen LogP contribution >= 0.6 is 59.4 Å². The Balaban J connectivity index is 2.30. The zero-order valence-corrected chi connectivity index (χ0v) is 16.2. The quantitative estimate of drug-likeness (QED) is 0.438. The van der Waals surface area contributed by atoms with Crippen LogP contribution < -0.4 is 4.74 Å². The molecule has 2 rings (SSSR count). The molecule has 0 radical (unpaired) electrons. The van der Waals surface area contributed by atoms with Crippen LogP contribution in [-0.4, -0.2) is 6.61 Å². The van der Waals surface area contributed by atoms with Gasteiger partial charge in [0.15, 0.2) is 0 Å². The van der Waals surface area contributed by atoms with E-state index >= 15 is 0 Å². The van der Waals surface area contributed by atoms with E-state index in [1.807, 2.05) is 31.2 Å². The third-order valence-electron chi connectivity index (χ3n) is 2.78. The molecular formula is C15H12Br3ClO. The zero-order valence-electron chi connectivity index (χ0n) is 10.7. The van der Waals surface area contributed by atoms with Gasteiger partial charge in [0.2, 0.25) is 0 Å². The summed E-state index contributed by atoms with van der Waals surface area (Å²) in [4.78, 5) is 0.100. The third kappa shape index (κ3) is 3.79. The molecule has 0 amide bonds. The molecular weight excluding hydrogens is 471 g/mol. The van der Waals surface area contributed by atoms with Crippen LogP contribution in [0.25, 0.3) is 0 Å². The van der Waals surface area contributed by atoms with Gasteiger partial charge in [0.05, 0.1) is 20.9 Å². The summed E-state index contributed by atoms with van der Waals surface area (Å²) in [6.45, 7) is 2.62. The molecule has 0 aliphatic heterocycles. The number of hydrogen-bond acceptors (Lipinski definition) is 1. The Labute approximate surface area is 149 Å². The van der Waals surface area contributed by atoms with Crippen molar-refractivity contribution in [1.29, 1.82) is 0 Å². The number of ether oxygens (including phenoxy) is 1. The van der Waals surface area contributed by atoms with E-state index in [9.17, 15) is 0 Å². The largest absolute Gasteiger partial charge is 0.493 e. The summed E-state index contributed by atoms with van der Waals surface area (Å²) in [5, 5.41) is 0.710. The Morgan fingerprint density at radius 3 is 2.20 bits per heavy atom. The molecule has 1 atom stereocenters. The summed E-state index contributed by atoms with van der Waals surface area (Å²) < 4.78 is 7.37. The molecule has 5 heteroatoms. The third-order valence-corrected chi connectivity index (χ3v) is 5.68. The summed E-state index contributed by atoms with van der Waals surface area (Å²) in [7, 11) is 0. The minimum absolute atomic E-state index is 0.100. The van der Waals surface area contributed by atoms with Gasteiger partial charge in [-0.05, 0) is 74.2 Å². The van der Waals surface area contributed by atoms with Gasteiger partial charge < -0.3 is 4.74 Å². The zero-order chi connectivity index (χ0) is 14.7. The Morgan fingerprint density at radius 1 is 1.05 bits per heavy atom. The molecule has 2 aromatic rings. The number of halogens is 4. The molecule has 0 spiro atoms. The van der Waals surface area contributed by atoms with E-state index in [0.717, 1.165) is 25.8 Å². The van der Waals surface area contributed by atoms with Crippen molar-refractivity contribution in [3.63, 3.8) is 0 Å². The SMILES string of the molecule is CCOc1ccc(C(Br)c2ccc(Cl)c(Br)c2)cc1Br. The lowest BCUT2D eigenvalue weighted by Gasteiger charge is -2.14. The highest BCUT2D eigenvalue weighted by molar-refractivity contribution is 9.11. The highest BCUT2D eigenvalue weighted by Crippen LogP contribution is 2.37. The van der Waals surface area contributed by atoms with Gasteiger partial charge >= 0.3 is 0 Å². The molecule has 0 saturated carbocycles. The lowest BCUT2D eigenvalue weighted by Crippen LogP contribution is -1.96. The van der Waals surface area contributed by atoms with E-state index in [2.05, 4.69) is 59.9 Å². The molecule has 0 heterocycles. The minimum atomic E-state index is 0.100. The first kappa shape index (κ1) is 16.3. The molecule has 0 aliphatic rings. The highest BCUT2D eigenvalue weighted by atomic mass is 79.9. The van der Waals surface area contributed by atoms with E-state index in [4.69, 9.17) is 16.3 Å². The maximum absolute atomic E-state index is 6.03. The fourth-order valence-electron chi connectivity index (χ4n) is 1.81. The van der Waals surface area contributed by atoms with E-state index in [1.54, 1.807) is 0 Å². The monoisotopic (exact) mass is 480 g/mol. The number of alkyl halides is 1. The summed E-state index contributed by atoms with van der Waals surface area (Å²) in [6.07, 6.45) is 0. The maximum atomic E-state index is 6.03. The topological polar surface area (TPSA) is 9.23 Å². The lowest BCUT2D eigenvalue weighted by molar-refractivity contribution is 0.338. The first-order chi connectivity index (χ1) is 9.52. The van der Waals surface area contributed by atoms with Crippen molar-refractivity contribution in [3.05, 3.63) is 61.5 Å². The predicted octanol–water partition coefficient (Wildman–Crippen LogP) is 6.75. The molecule has 106 valence electrons. The summed E-state index contributed by atoms with van der Waals surface area (Å²) in [6, 6.07) is 12.0. The van der Waals surface area contributed by atoms with Crippen molar-refractivity contribution in [2.24, 2.45) is 0 Å². The first-order valence-corrected chi connectivity index (χ1v) is 8.92. The molecule has 0 fully saturated rings. The Hall–Kier alpha value is -0.0300. The van der Waals surface area contributed by atoms with Gasteiger partial charge in [0.1, 0.15) is 5.75 Å². The van der Waals surface area contributed by atoms with E-state index in [0.29, 0.717) is 11.6 Å². The van der Waals surface area contributed by atoms with Crippen LogP contribution in [0.2, 0.25) is 5.02 Å². The smallest absolute Gasteiger partial charge is 0.133 e. The van der Waals surface area contributed by atoms with E-state index in [-0.39, 0.29) is 4.83 Å². The van der Waals surface area contributed by atoms with Crippen LogP contribution in [0.15, 0.2) is 45.3 Å². The lowest BCUT2D eigenvalue weighted by atomic mass is 10.0. The molecule has 0 saturated heterocycles.